The number of hydroxylamine groups is 1. The summed E-state index contributed by atoms with van der Waals surface area (Å²) in [6, 6.07) is 17.4. The molecule has 0 radical (unpaired) electrons. The van der Waals surface area contributed by atoms with Crippen molar-refractivity contribution in [2.45, 2.75) is 19.1 Å². The van der Waals surface area contributed by atoms with Gasteiger partial charge in [0.05, 0.1) is 6.04 Å². The minimum Gasteiger partial charge on any atom is -0.336 e. The minimum absolute atomic E-state index is 0.0902. The molecule has 0 aliphatic rings. The molecule has 0 bridgehead atoms. The first-order chi connectivity index (χ1) is 11.1. The Balaban J connectivity index is 2.14. The number of likely N-dealkylation sites (N-methyl/N-ethyl adjacent to an activating group) is 2. The second-order valence-electron chi connectivity index (χ2n) is 5.50. The van der Waals surface area contributed by atoms with Crippen molar-refractivity contribution in [3.63, 3.8) is 0 Å². The van der Waals surface area contributed by atoms with Crippen molar-refractivity contribution in [3.8, 4) is 11.1 Å². The van der Waals surface area contributed by atoms with Crippen LogP contribution in [0.1, 0.15) is 17.3 Å². The number of hydrogen-bond acceptors (Lipinski definition) is 4. The smallest absolute Gasteiger partial charge is 0.253 e. The van der Waals surface area contributed by atoms with Gasteiger partial charge in [0, 0.05) is 12.6 Å². The lowest BCUT2D eigenvalue weighted by molar-refractivity contribution is 0.0493. The molecule has 0 spiro atoms. The van der Waals surface area contributed by atoms with E-state index in [0.717, 1.165) is 11.1 Å². The first kappa shape index (κ1) is 17.1. The van der Waals surface area contributed by atoms with Crippen LogP contribution in [0.5, 0.6) is 0 Å². The predicted molar refractivity (Wildman–Crippen MR) is 91.2 cm³/mol. The molecule has 0 heterocycles. The summed E-state index contributed by atoms with van der Waals surface area (Å²) in [6.07, 6.45) is -0.396. The van der Waals surface area contributed by atoms with Gasteiger partial charge in [0.15, 0.2) is 0 Å². The predicted octanol–water partition coefficient (Wildman–Crippen LogP) is 2.34. The van der Waals surface area contributed by atoms with Crippen LogP contribution in [-0.4, -0.2) is 42.3 Å². The van der Waals surface area contributed by atoms with Crippen LogP contribution < -0.4 is 10.8 Å². The summed E-state index contributed by atoms with van der Waals surface area (Å²) in [4.78, 5) is 14.2. The average Bonchev–Trinajstić information content (AvgIpc) is 2.62. The van der Waals surface area contributed by atoms with Crippen LogP contribution in [0, 0.1) is 0 Å². The highest BCUT2D eigenvalue weighted by Gasteiger charge is 2.23. The maximum atomic E-state index is 12.6. The summed E-state index contributed by atoms with van der Waals surface area (Å²) >= 11 is 0. The highest BCUT2D eigenvalue weighted by Crippen LogP contribution is 2.20. The number of benzene rings is 2. The third-order valence-electron chi connectivity index (χ3n) is 4.10. The van der Waals surface area contributed by atoms with E-state index in [4.69, 9.17) is 5.21 Å². The molecule has 2 unspecified atom stereocenters. The Kier molecular flexibility index (Phi) is 5.87. The molecular formula is C18H23N3O2. The van der Waals surface area contributed by atoms with Crippen LogP contribution in [-0.2, 0) is 0 Å². The lowest BCUT2D eigenvalue weighted by atomic mass is 10.0. The van der Waals surface area contributed by atoms with Gasteiger partial charge in [-0.2, -0.15) is 5.48 Å². The number of amides is 1. The van der Waals surface area contributed by atoms with Crippen LogP contribution in [0.2, 0.25) is 0 Å². The van der Waals surface area contributed by atoms with Crippen LogP contribution >= 0.6 is 0 Å². The SMILES string of the molecule is CNC(NO)C(C)N(C)C(=O)c1ccc(-c2ccccc2)cc1. The van der Waals surface area contributed by atoms with Gasteiger partial charge < -0.3 is 15.4 Å². The lowest BCUT2D eigenvalue weighted by Crippen LogP contribution is -2.54. The summed E-state index contributed by atoms with van der Waals surface area (Å²) in [6.45, 7) is 1.86. The quantitative estimate of drug-likeness (QED) is 0.566. The van der Waals surface area contributed by atoms with E-state index in [9.17, 15) is 4.79 Å². The monoisotopic (exact) mass is 313 g/mol. The highest BCUT2D eigenvalue weighted by molar-refractivity contribution is 5.94. The normalized spacial score (nSPS) is 13.4. The van der Waals surface area contributed by atoms with Gasteiger partial charge in [0.25, 0.3) is 5.91 Å². The zero-order chi connectivity index (χ0) is 16.8. The van der Waals surface area contributed by atoms with Gasteiger partial charge in [-0.15, -0.1) is 0 Å². The van der Waals surface area contributed by atoms with E-state index in [2.05, 4.69) is 10.8 Å². The number of hydrogen-bond donors (Lipinski definition) is 3. The van der Waals surface area contributed by atoms with Gasteiger partial charge in [-0.3, -0.25) is 4.79 Å². The topological polar surface area (TPSA) is 64.6 Å². The first-order valence-electron chi connectivity index (χ1n) is 7.58. The van der Waals surface area contributed by atoms with E-state index >= 15 is 0 Å². The standard InChI is InChI=1S/C18H23N3O2/c1-13(17(19-2)20-23)21(3)18(22)16-11-9-15(10-12-16)14-7-5-4-6-8-14/h4-13,17,19-20,23H,1-3H3. The van der Waals surface area contributed by atoms with E-state index in [0.29, 0.717) is 5.56 Å². The molecule has 2 atom stereocenters. The van der Waals surface area contributed by atoms with Gasteiger partial charge >= 0.3 is 0 Å². The Morgan fingerprint density at radius 1 is 1.04 bits per heavy atom. The van der Waals surface area contributed by atoms with Gasteiger partial charge in [0.2, 0.25) is 0 Å². The van der Waals surface area contributed by atoms with E-state index in [1.165, 1.54) is 0 Å². The molecule has 0 saturated carbocycles. The number of carbonyl (C=O) groups is 1. The second-order valence-corrected chi connectivity index (χ2v) is 5.50. The molecule has 5 heteroatoms. The molecule has 2 aromatic carbocycles. The number of nitrogens with one attached hydrogen (secondary N) is 2. The fourth-order valence-corrected chi connectivity index (χ4v) is 2.46. The summed E-state index contributed by atoms with van der Waals surface area (Å²) in [5, 5.41) is 12.0. The third kappa shape index (κ3) is 3.96. The first-order valence-corrected chi connectivity index (χ1v) is 7.58. The minimum atomic E-state index is -0.396. The molecule has 0 aliphatic carbocycles. The molecule has 1 amide bonds. The van der Waals surface area contributed by atoms with Crippen molar-refractivity contribution in [2.24, 2.45) is 0 Å². The summed E-state index contributed by atoms with van der Waals surface area (Å²) in [5.41, 5.74) is 4.97. The molecule has 0 fully saturated rings. The second kappa shape index (κ2) is 7.87. The molecule has 23 heavy (non-hydrogen) atoms. The van der Waals surface area contributed by atoms with Crippen molar-refractivity contribution in [1.82, 2.24) is 15.7 Å². The van der Waals surface area contributed by atoms with Crippen LogP contribution in [0.3, 0.4) is 0 Å². The molecule has 122 valence electrons. The van der Waals surface area contributed by atoms with E-state index in [1.54, 1.807) is 19.0 Å². The zero-order valence-corrected chi connectivity index (χ0v) is 13.7. The molecule has 2 rings (SSSR count). The Morgan fingerprint density at radius 2 is 1.61 bits per heavy atom. The molecule has 0 aliphatic heterocycles. The summed E-state index contributed by atoms with van der Waals surface area (Å²) < 4.78 is 0. The maximum Gasteiger partial charge on any atom is 0.253 e. The van der Waals surface area contributed by atoms with Gasteiger partial charge in [-0.05, 0) is 37.2 Å². The molecule has 2 aromatic rings. The Morgan fingerprint density at radius 3 is 2.13 bits per heavy atom. The molecule has 0 saturated heterocycles. The average molecular weight is 313 g/mol. The maximum absolute atomic E-state index is 12.6. The van der Waals surface area contributed by atoms with Crippen molar-refractivity contribution in [2.75, 3.05) is 14.1 Å². The highest BCUT2D eigenvalue weighted by atomic mass is 16.5. The Labute approximate surface area is 136 Å². The summed E-state index contributed by atoms with van der Waals surface area (Å²) in [7, 11) is 3.44. The molecule has 0 aromatic heterocycles. The third-order valence-corrected chi connectivity index (χ3v) is 4.10. The van der Waals surface area contributed by atoms with Crippen LogP contribution in [0.15, 0.2) is 54.6 Å². The van der Waals surface area contributed by atoms with Crippen LogP contribution in [0.4, 0.5) is 0 Å². The van der Waals surface area contributed by atoms with Gasteiger partial charge in [-0.25, -0.2) is 0 Å². The Bertz CT molecular complexity index is 624. The lowest BCUT2D eigenvalue weighted by Gasteiger charge is -2.31. The number of rotatable bonds is 6. The van der Waals surface area contributed by atoms with Crippen molar-refractivity contribution in [1.29, 1.82) is 0 Å². The molecular weight excluding hydrogens is 290 g/mol. The van der Waals surface area contributed by atoms with E-state index < -0.39 is 6.17 Å². The van der Waals surface area contributed by atoms with Gasteiger partial charge in [-0.1, -0.05) is 42.5 Å². The largest absolute Gasteiger partial charge is 0.336 e. The van der Waals surface area contributed by atoms with Crippen molar-refractivity contribution >= 4 is 5.91 Å². The van der Waals surface area contributed by atoms with Crippen molar-refractivity contribution in [3.05, 3.63) is 60.2 Å². The van der Waals surface area contributed by atoms with Crippen molar-refractivity contribution < 1.29 is 10.0 Å². The van der Waals surface area contributed by atoms with Crippen LogP contribution in [0.25, 0.3) is 11.1 Å². The molecule has 5 nitrogen and oxygen atoms in total. The van der Waals surface area contributed by atoms with E-state index in [-0.39, 0.29) is 11.9 Å². The zero-order valence-electron chi connectivity index (χ0n) is 13.7. The Hall–Kier alpha value is -2.21. The fourth-order valence-electron chi connectivity index (χ4n) is 2.46. The van der Waals surface area contributed by atoms with E-state index in [1.807, 2.05) is 61.5 Å². The number of nitrogens with zero attached hydrogens (tertiary/aromatic N) is 1. The fraction of sp³-hybridized carbons (Fsp3) is 0.278. The number of carbonyl (C=O) groups excluding carboxylic acids is 1. The molecule has 3 N–H and O–H groups in total. The van der Waals surface area contributed by atoms with Gasteiger partial charge in [0.1, 0.15) is 6.17 Å². The summed E-state index contributed by atoms with van der Waals surface area (Å²) in [5.74, 6) is -0.0902.